The zero-order valence-corrected chi connectivity index (χ0v) is 20.8. The van der Waals surface area contributed by atoms with Crippen molar-refractivity contribution in [3.05, 3.63) is 93.0 Å². The van der Waals surface area contributed by atoms with Crippen LogP contribution in [0.5, 0.6) is 11.5 Å². The van der Waals surface area contributed by atoms with Crippen LogP contribution in [0.1, 0.15) is 39.5 Å². The summed E-state index contributed by atoms with van der Waals surface area (Å²) in [6.45, 7) is 6.07. The van der Waals surface area contributed by atoms with Crippen molar-refractivity contribution < 1.29 is 24.2 Å². The zero-order valence-electron chi connectivity index (χ0n) is 20.1. The Morgan fingerprint density at radius 2 is 1.81 bits per heavy atom. The molecule has 0 radical (unpaired) electrons. The second-order valence-electron chi connectivity index (χ2n) is 8.00. The molecule has 3 aromatic carbocycles. The van der Waals surface area contributed by atoms with E-state index < -0.39 is 11.9 Å². The highest BCUT2D eigenvalue weighted by Crippen LogP contribution is 2.38. The number of hydrogen-bond acceptors (Lipinski definition) is 5. The minimum atomic E-state index is -1.01. The maximum absolute atomic E-state index is 12.8. The van der Waals surface area contributed by atoms with Crippen molar-refractivity contribution in [1.29, 1.82) is 5.26 Å². The van der Waals surface area contributed by atoms with E-state index in [1.54, 1.807) is 24.3 Å². The van der Waals surface area contributed by atoms with Gasteiger partial charge in [0, 0.05) is 5.69 Å². The number of carbonyl (C=O) groups excluding carboxylic acids is 1. The van der Waals surface area contributed by atoms with Crippen LogP contribution in [0.15, 0.2) is 60.2 Å². The Kier molecular flexibility index (Phi) is 8.71. The minimum absolute atomic E-state index is 0.0957. The Morgan fingerprint density at radius 3 is 2.44 bits per heavy atom. The van der Waals surface area contributed by atoms with Crippen LogP contribution < -0.4 is 14.8 Å². The summed E-state index contributed by atoms with van der Waals surface area (Å²) in [7, 11) is 0. The molecule has 8 heteroatoms. The van der Waals surface area contributed by atoms with E-state index in [0.29, 0.717) is 29.4 Å². The van der Waals surface area contributed by atoms with Crippen molar-refractivity contribution in [2.75, 3.05) is 11.9 Å². The van der Waals surface area contributed by atoms with Gasteiger partial charge in [0.15, 0.2) is 11.5 Å². The lowest BCUT2D eigenvalue weighted by Gasteiger charge is -2.15. The van der Waals surface area contributed by atoms with Crippen molar-refractivity contribution in [2.45, 2.75) is 27.4 Å². The molecule has 0 bridgehead atoms. The number of rotatable bonds is 9. The summed E-state index contributed by atoms with van der Waals surface area (Å²) in [5, 5.41) is 21.7. The number of anilines is 1. The summed E-state index contributed by atoms with van der Waals surface area (Å²) in [5.41, 5.74) is 3.83. The summed E-state index contributed by atoms with van der Waals surface area (Å²) in [4.78, 5) is 23.8. The van der Waals surface area contributed by atoms with Gasteiger partial charge in [-0.1, -0.05) is 35.9 Å². The summed E-state index contributed by atoms with van der Waals surface area (Å²) >= 11 is 6.48. The molecular weight excluding hydrogens is 480 g/mol. The molecule has 0 aliphatic rings. The Balaban J connectivity index is 1.84. The molecule has 0 aromatic heterocycles. The number of aromatic carboxylic acids is 1. The van der Waals surface area contributed by atoms with Gasteiger partial charge in [0.05, 0.1) is 17.2 Å². The number of ether oxygens (including phenoxy) is 2. The number of carboxylic acids is 1. The second kappa shape index (κ2) is 11.9. The van der Waals surface area contributed by atoms with E-state index in [1.807, 2.05) is 45.0 Å². The fourth-order valence-electron chi connectivity index (χ4n) is 3.35. The molecule has 0 unspecified atom stereocenters. The lowest BCUT2D eigenvalue weighted by Crippen LogP contribution is -2.14. The first-order chi connectivity index (χ1) is 17.2. The van der Waals surface area contributed by atoms with Crippen LogP contribution in [0.25, 0.3) is 6.08 Å². The predicted octanol–water partition coefficient (Wildman–Crippen LogP) is 6.18. The maximum atomic E-state index is 12.8. The van der Waals surface area contributed by atoms with E-state index in [-0.39, 0.29) is 22.8 Å². The number of benzene rings is 3. The van der Waals surface area contributed by atoms with E-state index in [2.05, 4.69) is 5.32 Å². The molecular formula is C28H25ClN2O5. The van der Waals surface area contributed by atoms with Crippen molar-refractivity contribution in [2.24, 2.45) is 0 Å². The van der Waals surface area contributed by atoms with Crippen LogP contribution >= 0.6 is 11.6 Å². The highest BCUT2D eigenvalue weighted by Gasteiger charge is 2.16. The van der Waals surface area contributed by atoms with Gasteiger partial charge in [-0.2, -0.15) is 5.26 Å². The number of nitrogens with zero attached hydrogens (tertiary/aromatic N) is 1. The van der Waals surface area contributed by atoms with Gasteiger partial charge in [-0.25, -0.2) is 4.79 Å². The first-order valence-electron chi connectivity index (χ1n) is 11.1. The van der Waals surface area contributed by atoms with E-state index in [4.69, 9.17) is 26.2 Å². The van der Waals surface area contributed by atoms with Gasteiger partial charge < -0.3 is 19.9 Å². The maximum Gasteiger partial charge on any atom is 0.335 e. The third kappa shape index (κ3) is 6.65. The topological polar surface area (TPSA) is 109 Å². The van der Waals surface area contributed by atoms with Gasteiger partial charge >= 0.3 is 5.97 Å². The number of aryl methyl sites for hydroxylation is 2. The number of nitrogens with one attached hydrogen (secondary N) is 1. The van der Waals surface area contributed by atoms with Crippen molar-refractivity contribution in [3.63, 3.8) is 0 Å². The number of hydrogen-bond donors (Lipinski definition) is 2. The van der Waals surface area contributed by atoms with Gasteiger partial charge in [-0.3, -0.25) is 4.79 Å². The largest absolute Gasteiger partial charge is 0.490 e. The highest BCUT2D eigenvalue weighted by molar-refractivity contribution is 6.32. The van der Waals surface area contributed by atoms with Gasteiger partial charge in [0.25, 0.3) is 5.91 Å². The Labute approximate surface area is 214 Å². The number of nitriles is 1. The normalized spacial score (nSPS) is 10.9. The van der Waals surface area contributed by atoms with Crippen LogP contribution in [0.3, 0.4) is 0 Å². The molecule has 7 nitrogen and oxygen atoms in total. The van der Waals surface area contributed by atoms with Gasteiger partial charge in [-0.05, 0) is 79.4 Å². The third-order valence-corrected chi connectivity index (χ3v) is 5.51. The molecule has 36 heavy (non-hydrogen) atoms. The minimum Gasteiger partial charge on any atom is -0.490 e. The first-order valence-corrected chi connectivity index (χ1v) is 11.5. The quantitative estimate of drug-likeness (QED) is 0.266. The van der Waals surface area contributed by atoms with E-state index in [9.17, 15) is 14.9 Å². The fraction of sp³-hybridized carbons (Fsp3) is 0.179. The predicted molar refractivity (Wildman–Crippen MR) is 138 cm³/mol. The molecule has 0 saturated carbocycles. The second-order valence-corrected chi connectivity index (χ2v) is 8.40. The average Bonchev–Trinajstić information content (AvgIpc) is 2.84. The van der Waals surface area contributed by atoms with Crippen LogP contribution in [-0.2, 0) is 11.4 Å². The van der Waals surface area contributed by atoms with Gasteiger partial charge in [0.2, 0.25) is 0 Å². The smallest absolute Gasteiger partial charge is 0.335 e. The molecule has 0 aliphatic carbocycles. The van der Waals surface area contributed by atoms with Crippen LogP contribution in [0.2, 0.25) is 5.02 Å². The summed E-state index contributed by atoms with van der Waals surface area (Å²) in [5.74, 6) is -0.889. The molecule has 184 valence electrons. The van der Waals surface area contributed by atoms with E-state index in [0.717, 1.165) is 16.7 Å². The van der Waals surface area contributed by atoms with Crippen LogP contribution in [-0.4, -0.2) is 23.6 Å². The summed E-state index contributed by atoms with van der Waals surface area (Å²) in [6.07, 6.45) is 1.43. The number of carbonyl (C=O) groups is 2. The van der Waals surface area contributed by atoms with Crippen LogP contribution in [0.4, 0.5) is 5.69 Å². The van der Waals surface area contributed by atoms with E-state index in [1.165, 1.54) is 18.2 Å². The molecule has 0 spiro atoms. The molecule has 0 atom stereocenters. The van der Waals surface area contributed by atoms with Gasteiger partial charge in [-0.15, -0.1) is 0 Å². The standard InChI is InChI=1S/C28H25ClN2O5/c1-4-35-25-14-20(12-22(15-30)27(32)31-24-11-17(2)5-6-18(24)3)13-23(29)26(25)36-16-19-7-9-21(10-8-19)28(33)34/h5-14H,4,16H2,1-3H3,(H,31,32)(H,33,34)/b22-12+. The zero-order chi connectivity index (χ0) is 26.2. The molecule has 0 heterocycles. The van der Waals surface area contributed by atoms with Crippen LogP contribution in [0, 0.1) is 25.2 Å². The molecule has 3 aromatic rings. The monoisotopic (exact) mass is 504 g/mol. The number of amides is 1. The van der Waals surface area contributed by atoms with Crippen molar-refractivity contribution in [3.8, 4) is 17.6 Å². The lowest BCUT2D eigenvalue weighted by molar-refractivity contribution is -0.112. The summed E-state index contributed by atoms with van der Waals surface area (Å²) in [6, 6.07) is 17.1. The average molecular weight is 505 g/mol. The molecule has 0 saturated heterocycles. The van der Waals surface area contributed by atoms with Crippen molar-refractivity contribution in [1.82, 2.24) is 0 Å². The Bertz CT molecular complexity index is 1360. The molecule has 1 amide bonds. The molecule has 0 fully saturated rings. The molecule has 2 N–H and O–H groups in total. The first kappa shape index (κ1) is 26.3. The lowest BCUT2D eigenvalue weighted by atomic mass is 10.1. The Hall–Kier alpha value is -4.28. The Morgan fingerprint density at radius 1 is 1.08 bits per heavy atom. The van der Waals surface area contributed by atoms with Crippen molar-refractivity contribution >= 4 is 35.2 Å². The fourth-order valence-corrected chi connectivity index (χ4v) is 3.62. The molecule has 0 aliphatic heterocycles. The summed E-state index contributed by atoms with van der Waals surface area (Å²) < 4.78 is 11.6. The number of halogens is 1. The highest BCUT2D eigenvalue weighted by atomic mass is 35.5. The van der Waals surface area contributed by atoms with E-state index >= 15 is 0 Å². The molecule has 3 rings (SSSR count). The van der Waals surface area contributed by atoms with Gasteiger partial charge in [0.1, 0.15) is 18.2 Å². The number of carboxylic acid groups (broad SMARTS) is 1. The SMILES string of the molecule is CCOc1cc(/C=C(\C#N)C(=O)Nc2cc(C)ccc2C)cc(Cl)c1OCc1ccc(C(=O)O)cc1. The third-order valence-electron chi connectivity index (χ3n) is 5.23.